The van der Waals surface area contributed by atoms with Crippen LogP contribution in [0.5, 0.6) is 0 Å². The maximum Gasteiger partial charge on any atom is 0.143 e. The number of nitrogens with zero attached hydrogens (tertiary/aromatic N) is 1. The normalized spacial score (nSPS) is 11.6. The Kier molecular flexibility index (Phi) is 4.10. The van der Waals surface area contributed by atoms with Gasteiger partial charge in [-0.05, 0) is 26.0 Å². The molecule has 76 valence electrons. The Bertz CT molecular complexity index is 347. The summed E-state index contributed by atoms with van der Waals surface area (Å²) in [6.45, 7) is 4.72. The van der Waals surface area contributed by atoms with E-state index in [0.29, 0.717) is 12.4 Å². The number of nitrogens with two attached hydrogens (primary N) is 1. The van der Waals surface area contributed by atoms with Gasteiger partial charge >= 0.3 is 0 Å². The van der Waals surface area contributed by atoms with E-state index in [-0.39, 0.29) is 0 Å². The quantitative estimate of drug-likeness (QED) is 0.368. The smallest absolute Gasteiger partial charge is 0.143 e. The Labute approximate surface area is 92.5 Å². The average Bonchev–Trinajstić information content (AvgIpc) is 2.18. The van der Waals surface area contributed by atoms with Crippen LogP contribution in [-0.4, -0.2) is 12.4 Å². The minimum absolute atomic E-state index is 0.708. The van der Waals surface area contributed by atoms with Gasteiger partial charge in [0.25, 0.3) is 0 Å². The fourth-order valence-electron chi connectivity index (χ4n) is 1.19. The fraction of sp³-hybridized carbons (Fsp3) is 0.300. The molecule has 0 atom stereocenters. The number of nitrogens with one attached hydrogen (secondary N) is 1. The van der Waals surface area contributed by atoms with E-state index in [4.69, 9.17) is 5.84 Å². The first-order valence-electron chi connectivity index (χ1n) is 4.46. The topological polar surface area (TPSA) is 50.4 Å². The van der Waals surface area contributed by atoms with Gasteiger partial charge in [-0.15, -0.1) is 0 Å². The fourth-order valence-corrected chi connectivity index (χ4v) is 1.62. The maximum absolute atomic E-state index is 5.41. The van der Waals surface area contributed by atoms with Crippen molar-refractivity contribution in [3.63, 3.8) is 0 Å². The molecule has 0 aliphatic heterocycles. The van der Waals surface area contributed by atoms with E-state index in [9.17, 15) is 0 Å². The molecule has 0 saturated carbocycles. The van der Waals surface area contributed by atoms with Crippen LogP contribution in [0.25, 0.3) is 0 Å². The maximum atomic E-state index is 5.41. The molecule has 0 fully saturated rings. The first-order chi connectivity index (χ1) is 6.69. The molecule has 0 aliphatic rings. The van der Waals surface area contributed by atoms with Crippen LogP contribution in [0.3, 0.4) is 0 Å². The Balaban J connectivity index is 3.15. The summed E-state index contributed by atoms with van der Waals surface area (Å²) in [5.41, 5.74) is 4.78. The standard InChI is InChI=1S/C10H14BrN3/c1-3-13-10(14-12)8-6-7(2)4-5-9(8)11/h4-6H,3,12H2,1-2H3,(H,13,14). The average molecular weight is 256 g/mol. The number of amidine groups is 1. The molecule has 0 aliphatic carbocycles. The third-order valence-electron chi connectivity index (χ3n) is 1.83. The highest BCUT2D eigenvalue weighted by Gasteiger charge is 2.05. The molecule has 1 aromatic rings. The summed E-state index contributed by atoms with van der Waals surface area (Å²) in [6.07, 6.45) is 0. The van der Waals surface area contributed by atoms with Crippen molar-refractivity contribution in [1.82, 2.24) is 5.43 Å². The van der Waals surface area contributed by atoms with Crippen LogP contribution in [0.2, 0.25) is 0 Å². The molecule has 3 N–H and O–H groups in total. The molecule has 0 bridgehead atoms. The lowest BCUT2D eigenvalue weighted by Crippen LogP contribution is -2.31. The largest absolute Gasteiger partial charge is 0.308 e. The second kappa shape index (κ2) is 5.12. The summed E-state index contributed by atoms with van der Waals surface area (Å²) >= 11 is 3.47. The van der Waals surface area contributed by atoms with Crippen LogP contribution in [0, 0.1) is 6.92 Å². The summed E-state index contributed by atoms with van der Waals surface area (Å²) in [7, 11) is 0. The minimum atomic E-state index is 0.708. The molecular weight excluding hydrogens is 242 g/mol. The van der Waals surface area contributed by atoms with Crippen molar-refractivity contribution >= 4 is 21.8 Å². The molecule has 0 saturated heterocycles. The molecule has 0 aromatic heterocycles. The zero-order valence-electron chi connectivity index (χ0n) is 8.34. The highest BCUT2D eigenvalue weighted by atomic mass is 79.9. The van der Waals surface area contributed by atoms with Gasteiger partial charge in [0.15, 0.2) is 0 Å². The van der Waals surface area contributed by atoms with Crippen molar-refractivity contribution in [3.8, 4) is 0 Å². The lowest BCUT2D eigenvalue weighted by molar-refractivity contribution is 0.990. The minimum Gasteiger partial charge on any atom is -0.308 e. The molecule has 0 amide bonds. The molecule has 1 aromatic carbocycles. The summed E-state index contributed by atoms with van der Waals surface area (Å²) in [6, 6.07) is 6.07. The zero-order chi connectivity index (χ0) is 10.6. The van der Waals surface area contributed by atoms with Gasteiger partial charge in [-0.3, -0.25) is 4.99 Å². The van der Waals surface area contributed by atoms with Crippen molar-refractivity contribution in [1.29, 1.82) is 0 Å². The second-order valence-corrected chi connectivity index (χ2v) is 3.80. The predicted molar refractivity (Wildman–Crippen MR) is 63.3 cm³/mol. The SMILES string of the molecule is CCN=C(NN)c1cc(C)ccc1Br. The molecule has 14 heavy (non-hydrogen) atoms. The van der Waals surface area contributed by atoms with E-state index in [1.54, 1.807) is 0 Å². The number of hydrogen-bond donors (Lipinski definition) is 2. The van der Waals surface area contributed by atoms with Crippen molar-refractivity contribution in [2.45, 2.75) is 13.8 Å². The first-order valence-corrected chi connectivity index (χ1v) is 5.26. The van der Waals surface area contributed by atoms with Gasteiger partial charge in [0.05, 0.1) is 0 Å². The van der Waals surface area contributed by atoms with E-state index in [2.05, 4.69) is 26.3 Å². The van der Waals surface area contributed by atoms with Crippen molar-refractivity contribution in [3.05, 3.63) is 33.8 Å². The van der Waals surface area contributed by atoms with Crippen LogP contribution in [-0.2, 0) is 0 Å². The molecule has 4 heteroatoms. The van der Waals surface area contributed by atoms with Gasteiger partial charge in [-0.25, -0.2) is 5.84 Å². The van der Waals surface area contributed by atoms with Gasteiger partial charge < -0.3 is 5.43 Å². The lowest BCUT2D eigenvalue weighted by Gasteiger charge is -2.08. The van der Waals surface area contributed by atoms with Gasteiger partial charge in [-0.2, -0.15) is 0 Å². The molecule has 0 radical (unpaired) electrons. The van der Waals surface area contributed by atoms with Crippen molar-refractivity contribution in [2.24, 2.45) is 10.8 Å². The van der Waals surface area contributed by atoms with E-state index in [1.165, 1.54) is 5.56 Å². The summed E-state index contributed by atoms with van der Waals surface area (Å²) in [5, 5.41) is 0. The second-order valence-electron chi connectivity index (χ2n) is 2.95. The molecular formula is C10H14BrN3. The number of aliphatic imine (C=N–C) groups is 1. The highest BCUT2D eigenvalue weighted by Crippen LogP contribution is 2.18. The van der Waals surface area contributed by atoms with E-state index >= 15 is 0 Å². The Morgan fingerprint density at radius 3 is 2.86 bits per heavy atom. The van der Waals surface area contributed by atoms with Gasteiger partial charge in [0.1, 0.15) is 5.84 Å². The zero-order valence-corrected chi connectivity index (χ0v) is 9.93. The Morgan fingerprint density at radius 1 is 1.57 bits per heavy atom. The number of benzene rings is 1. The molecule has 0 unspecified atom stereocenters. The van der Waals surface area contributed by atoms with Crippen LogP contribution in [0.4, 0.5) is 0 Å². The molecule has 1 rings (SSSR count). The van der Waals surface area contributed by atoms with Gasteiger partial charge in [0, 0.05) is 16.6 Å². The van der Waals surface area contributed by atoms with Crippen LogP contribution >= 0.6 is 15.9 Å². The van der Waals surface area contributed by atoms with E-state index < -0.39 is 0 Å². The molecule has 0 spiro atoms. The van der Waals surface area contributed by atoms with Crippen LogP contribution < -0.4 is 11.3 Å². The third kappa shape index (κ3) is 2.56. The highest BCUT2D eigenvalue weighted by molar-refractivity contribution is 9.10. The lowest BCUT2D eigenvalue weighted by atomic mass is 10.1. The predicted octanol–water partition coefficient (Wildman–Crippen LogP) is 1.99. The van der Waals surface area contributed by atoms with Gasteiger partial charge in [-0.1, -0.05) is 27.6 Å². The van der Waals surface area contributed by atoms with Crippen molar-refractivity contribution < 1.29 is 0 Å². The van der Waals surface area contributed by atoms with E-state index in [1.807, 2.05) is 32.0 Å². The third-order valence-corrected chi connectivity index (χ3v) is 2.52. The Hall–Kier alpha value is -0.870. The summed E-state index contributed by atoms with van der Waals surface area (Å²) in [5.74, 6) is 6.12. The summed E-state index contributed by atoms with van der Waals surface area (Å²) < 4.78 is 0.994. The number of halogens is 1. The molecule has 3 nitrogen and oxygen atoms in total. The number of rotatable bonds is 2. The number of aryl methyl sites for hydroxylation is 1. The van der Waals surface area contributed by atoms with Gasteiger partial charge in [0.2, 0.25) is 0 Å². The van der Waals surface area contributed by atoms with Crippen LogP contribution in [0.1, 0.15) is 18.1 Å². The van der Waals surface area contributed by atoms with Crippen LogP contribution in [0.15, 0.2) is 27.7 Å². The number of hydrazine groups is 1. The summed E-state index contributed by atoms with van der Waals surface area (Å²) in [4.78, 5) is 4.27. The van der Waals surface area contributed by atoms with Crippen molar-refractivity contribution in [2.75, 3.05) is 6.54 Å². The Morgan fingerprint density at radius 2 is 2.29 bits per heavy atom. The monoisotopic (exact) mass is 255 g/mol. The first kappa shape index (κ1) is 11.2. The molecule has 0 heterocycles. The van der Waals surface area contributed by atoms with E-state index in [0.717, 1.165) is 10.0 Å². The number of hydrogen-bond acceptors (Lipinski definition) is 2.